The van der Waals surface area contributed by atoms with Crippen LogP contribution in [-0.2, 0) is 4.74 Å². The Morgan fingerprint density at radius 2 is 2.19 bits per heavy atom. The molecule has 0 saturated carbocycles. The summed E-state index contributed by atoms with van der Waals surface area (Å²) in [6.45, 7) is 6.56. The van der Waals surface area contributed by atoms with E-state index in [4.69, 9.17) is 14.4 Å². The van der Waals surface area contributed by atoms with Gasteiger partial charge in [-0.05, 0) is 33.6 Å². The Bertz CT molecular complexity index is 532. The summed E-state index contributed by atoms with van der Waals surface area (Å²) < 4.78 is 10.1. The zero-order valence-electron chi connectivity index (χ0n) is 12.5. The minimum absolute atomic E-state index is 0.0249. The van der Waals surface area contributed by atoms with Crippen molar-refractivity contribution >= 4 is 12.1 Å². The molecule has 1 unspecified atom stereocenters. The van der Waals surface area contributed by atoms with Crippen molar-refractivity contribution < 1.29 is 24.0 Å². The van der Waals surface area contributed by atoms with E-state index < -0.39 is 11.6 Å². The van der Waals surface area contributed by atoms with Gasteiger partial charge >= 0.3 is 12.1 Å². The molecule has 1 atom stereocenters. The molecule has 1 aromatic heterocycles. The molecule has 0 radical (unpaired) electrons. The molecule has 1 saturated heterocycles. The largest absolute Gasteiger partial charge is 0.475 e. The molecular weight excluding hydrogens is 276 g/mol. The molecule has 2 rings (SSSR count). The fourth-order valence-corrected chi connectivity index (χ4v) is 2.29. The third-order valence-corrected chi connectivity index (χ3v) is 3.23. The van der Waals surface area contributed by atoms with Gasteiger partial charge in [-0.2, -0.15) is 0 Å². The average Bonchev–Trinajstić information content (AvgIpc) is 2.86. The van der Waals surface area contributed by atoms with Gasteiger partial charge in [0.1, 0.15) is 5.60 Å². The molecule has 0 spiro atoms. The third kappa shape index (κ3) is 3.96. The maximum atomic E-state index is 12.1. The fourth-order valence-electron chi connectivity index (χ4n) is 2.29. The molecule has 2 heterocycles. The lowest BCUT2D eigenvalue weighted by Gasteiger charge is -2.33. The summed E-state index contributed by atoms with van der Waals surface area (Å²) in [5, 5.41) is 12.6. The van der Waals surface area contributed by atoms with Gasteiger partial charge < -0.3 is 19.3 Å². The van der Waals surface area contributed by atoms with Crippen LogP contribution in [0.4, 0.5) is 4.79 Å². The van der Waals surface area contributed by atoms with Gasteiger partial charge in [-0.15, -0.1) is 0 Å². The zero-order valence-corrected chi connectivity index (χ0v) is 12.5. The van der Waals surface area contributed by atoms with Gasteiger partial charge in [0.2, 0.25) is 5.76 Å². The summed E-state index contributed by atoms with van der Waals surface area (Å²) in [6, 6.07) is 1.42. The van der Waals surface area contributed by atoms with Crippen LogP contribution < -0.4 is 0 Å². The monoisotopic (exact) mass is 296 g/mol. The van der Waals surface area contributed by atoms with Gasteiger partial charge in [0.15, 0.2) is 0 Å². The Kier molecular flexibility index (Phi) is 4.20. The van der Waals surface area contributed by atoms with Crippen LogP contribution in [0.15, 0.2) is 10.6 Å². The van der Waals surface area contributed by atoms with Gasteiger partial charge in [-0.25, -0.2) is 9.59 Å². The Balaban J connectivity index is 2.03. The number of aromatic carboxylic acids is 1. The number of nitrogens with zero attached hydrogens (tertiary/aromatic N) is 2. The first kappa shape index (κ1) is 15.3. The second kappa shape index (κ2) is 5.75. The Hall–Kier alpha value is -2.05. The van der Waals surface area contributed by atoms with Gasteiger partial charge in [0.25, 0.3) is 0 Å². The molecule has 1 N–H and O–H groups in total. The van der Waals surface area contributed by atoms with Crippen molar-refractivity contribution in [2.24, 2.45) is 0 Å². The molecule has 7 nitrogen and oxygen atoms in total. The highest BCUT2D eigenvalue weighted by Gasteiger charge is 2.30. The number of amides is 1. The summed E-state index contributed by atoms with van der Waals surface area (Å²) in [5.74, 6) is -1.35. The van der Waals surface area contributed by atoms with Crippen molar-refractivity contribution in [1.82, 2.24) is 10.1 Å². The summed E-state index contributed by atoms with van der Waals surface area (Å²) in [6.07, 6.45) is 1.30. The van der Waals surface area contributed by atoms with Crippen LogP contribution in [0.1, 0.15) is 55.8 Å². The molecule has 116 valence electrons. The molecule has 1 aliphatic rings. The van der Waals surface area contributed by atoms with Crippen molar-refractivity contribution in [2.45, 2.75) is 45.1 Å². The first-order valence-corrected chi connectivity index (χ1v) is 6.94. The second-order valence-corrected chi connectivity index (χ2v) is 6.19. The van der Waals surface area contributed by atoms with Crippen molar-refractivity contribution in [3.8, 4) is 0 Å². The summed E-state index contributed by atoms with van der Waals surface area (Å²) >= 11 is 0. The SMILES string of the molecule is CC(C)(C)OC(=O)N1CCCC(c2cc(C(=O)O)on2)C1. The Labute approximate surface area is 122 Å². The van der Waals surface area contributed by atoms with Crippen LogP contribution >= 0.6 is 0 Å². The normalized spacial score (nSPS) is 19.4. The maximum absolute atomic E-state index is 12.1. The van der Waals surface area contributed by atoms with Crippen LogP contribution in [0.3, 0.4) is 0 Å². The van der Waals surface area contributed by atoms with E-state index in [0.717, 1.165) is 12.8 Å². The molecule has 0 aliphatic carbocycles. The highest BCUT2D eigenvalue weighted by Crippen LogP contribution is 2.27. The molecular formula is C14H20N2O5. The van der Waals surface area contributed by atoms with Crippen LogP contribution in [0.5, 0.6) is 0 Å². The Morgan fingerprint density at radius 3 is 2.76 bits per heavy atom. The number of hydrogen-bond acceptors (Lipinski definition) is 5. The zero-order chi connectivity index (χ0) is 15.6. The third-order valence-electron chi connectivity index (χ3n) is 3.23. The average molecular weight is 296 g/mol. The van der Waals surface area contributed by atoms with Crippen molar-refractivity contribution in [1.29, 1.82) is 0 Å². The fraction of sp³-hybridized carbons (Fsp3) is 0.643. The quantitative estimate of drug-likeness (QED) is 0.901. The van der Waals surface area contributed by atoms with Crippen LogP contribution in [0.2, 0.25) is 0 Å². The minimum atomic E-state index is -1.14. The number of likely N-dealkylation sites (tertiary alicyclic amines) is 1. The lowest BCUT2D eigenvalue weighted by molar-refractivity contribution is 0.0196. The smallest absolute Gasteiger partial charge is 0.410 e. The summed E-state index contributed by atoms with van der Waals surface area (Å²) in [7, 11) is 0. The van der Waals surface area contributed by atoms with E-state index in [1.54, 1.807) is 4.90 Å². The van der Waals surface area contributed by atoms with E-state index in [2.05, 4.69) is 5.16 Å². The standard InChI is InChI=1S/C14H20N2O5/c1-14(2,3)20-13(19)16-6-4-5-9(8-16)10-7-11(12(17)18)21-15-10/h7,9H,4-6,8H2,1-3H3,(H,17,18). The number of carbonyl (C=O) groups is 2. The van der Waals surface area contributed by atoms with Crippen LogP contribution in [0, 0.1) is 0 Å². The maximum Gasteiger partial charge on any atom is 0.410 e. The van der Waals surface area contributed by atoms with E-state index in [1.165, 1.54) is 6.07 Å². The second-order valence-electron chi connectivity index (χ2n) is 6.19. The van der Waals surface area contributed by atoms with Gasteiger partial charge in [-0.1, -0.05) is 5.16 Å². The lowest BCUT2D eigenvalue weighted by Crippen LogP contribution is -2.42. The highest BCUT2D eigenvalue weighted by atomic mass is 16.6. The molecule has 0 bridgehead atoms. The van der Waals surface area contributed by atoms with E-state index in [1.807, 2.05) is 20.8 Å². The predicted molar refractivity (Wildman–Crippen MR) is 73.2 cm³/mol. The number of rotatable bonds is 2. The van der Waals surface area contributed by atoms with E-state index >= 15 is 0 Å². The number of carboxylic acid groups (broad SMARTS) is 1. The molecule has 1 aromatic rings. The van der Waals surface area contributed by atoms with E-state index in [0.29, 0.717) is 18.8 Å². The van der Waals surface area contributed by atoms with Crippen LogP contribution in [-0.4, -0.2) is 45.9 Å². The van der Waals surface area contributed by atoms with Crippen molar-refractivity contribution in [3.05, 3.63) is 17.5 Å². The molecule has 1 aliphatic heterocycles. The first-order chi connectivity index (χ1) is 9.76. The minimum Gasteiger partial charge on any atom is -0.475 e. The van der Waals surface area contributed by atoms with E-state index in [9.17, 15) is 9.59 Å². The van der Waals surface area contributed by atoms with E-state index in [-0.39, 0.29) is 17.8 Å². The van der Waals surface area contributed by atoms with Crippen molar-refractivity contribution in [3.63, 3.8) is 0 Å². The van der Waals surface area contributed by atoms with Gasteiger partial charge in [-0.3, -0.25) is 0 Å². The molecule has 0 aromatic carbocycles. The summed E-state index contributed by atoms with van der Waals surface area (Å²) in [4.78, 5) is 24.5. The van der Waals surface area contributed by atoms with Gasteiger partial charge in [0, 0.05) is 25.1 Å². The molecule has 1 amide bonds. The number of aromatic nitrogens is 1. The van der Waals surface area contributed by atoms with Crippen LogP contribution in [0.25, 0.3) is 0 Å². The number of hydrogen-bond donors (Lipinski definition) is 1. The number of carboxylic acids is 1. The molecule has 21 heavy (non-hydrogen) atoms. The lowest BCUT2D eigenvalue weighted by atomic mass is 9.95. The highest BCUT2D eigenvalue weighted by molar-refractivity contribution is 5.84. The Morgan fingerprint density at radius 1 is 1.48 bits per heavy atom. The number of carbonyl (C=O) groups excluding carboxylic acids is 1. The first-order valence-electron chi connectivity index (χ1n) is 6.94. The topological polar surface area (TPSA) is 92.9 Å². The number of ether oxygens (including phenoxy) is 1. The van der Waals surface area contributed by atoms with Gasteiger partial charge in [0.05, 0.1) is 5.69 Å². The molecule has 1 fully saturated rings. The number of piperidine rings is 1. The van der Waals surface area contributed by atoms with Crippen molar-refractivity contribution in [2.75, 3.05) is 13.1 Å². The molecule has 7 heteroatoms. The summed E-state index contributed by atoms with van der Waals surface area (Å²) in [5.41, 5.74) is 0.0367. The predicted octanol–water partition coefficient (Wildman–Crippen LogP) is 2.49.